The molecule has 1 aromatic heterocycles. The summed E-state index contributed by atoms with van der Waals surface area (Å²) in [6, 6.07) is 7.20. The van der Waals surface area contributed by atoms with Crippen molar-refractivity contribution >= 4 is 34.0 Å². The van der Waals surface area contributed by atoms with Crippen molar-refractivity contribution in [3.63, 3.8) is 0 Å². The van der Waals surface area contributed by atoms with Crippen molar-refractivity contribution in [1.29, 1.82) is 0 Å². The Morgan fingerprint density at radius 1 is 1.25 bits per heavy atom. The molecule has 0 bridgehead atoms. The second kappa shape index (κ2) is 6.56. The number of amides is 1. The Morgan fingerprint density at radius 3 is 2.67 bits per heavy atom. The van der Waals surface area contributed by atoms with Crippen molar-refractivity contribution in [2.45, 2.75) is 12.7 Å². The largest absolute Gasteiger partial charge is 0.445 e. The Balaban J connectivity index is 1.65. The zero-order valence-corrected chi connectivity index (χ0v) is 13.8. The van der Waals surface area contributed by atoms with Crippen LogP contribution in [0, 0.1) is 0 Å². The first-order chi connectivity index (χ1) is 11.3. The molecular weight excluding hydrogens is 365 g/mol. The topological polar surface area (TPSA) is 49.3 Å². The van der Waals surface area contributed by atoms with Gasteiger partial charge in [0.05, 0.1) is 6.54 Å². The maximum absolute atomic E-state index is 12.6. The number of piperazine rings is 1. The third-order valence-corrected chi connectivity index (χ3v) is 4.77. The lowest BCUT2D eigenvalue weighted by atomic mass is 10.2. The summed E-state index contributed by atoms with van der Waals surface area (Å²) in [4.78, 5) is 15.4. The molecule has 24 heavy (non-hydrogen) atoms. The summed E-state index contributed by atoms with van der Waals surface area (Å²) in [7, 11) is 0. The van der Waals surface area contributed by atoms with Gasteiger partial charge in [0.1, 0.15) is 0 Å². The minimum atomic E-state index is -4.52. The van der Waals surface area contributed by atoms with E-state index in [4.69, 9.17) is 11.6 Å². The number of benzene rings is 1. The van der Waals surface area contributed by atoms with Gasteiger partial charge in [-0.05, 0) is 17.7 Å². The maximum atomic E-state index is 12.6. The van der Waals surface area contributed by atoms with E-state index in [1.807, 2.05) is 6.07 Å². The van der Waals surface area contributed by atoms with Crippen molar-refractivity contribution in [2.24, 2.45) is 0 Å². The summed E-state index contributed by atoms with van der Waals surface area (Å²) in [5.41, 5.74) is 0.902. The predicted molar refractivity (Wildman–Crippen MR) is 84.0 cm³/mol. The molecule has 1 saturated heterocycles. The molecule has 5 nitrogen and oxygen atoms in total. The van der Waals surface area contributed by atoms with E-state index in [2.05, 4.69) is 10.2 Å². The van der Waals surface area contributed by atoms with Gasteiger partial charge in [-0.3, -0.25) is 4.79 Å². The monoisotopic (exact) mass is 376 g/mol. The van der Waals surface area contributed by atoms with Crippen LogP contribution in [0.3, 0.4) is 0 Å². The van der Waals surface area contributed by atoms with Crippen LogP contribution >= 0.6 is 22.9 Å². The van der Waals surface area contributed by atoms with Crippen molar-refractivity contribution in [1.82, 2.24) is 15.1 Å². The van der Waals surface area contributed by atoms with Crippen LogP contribution in [0.2, 0.25) is 5.02 Å². The van der Waals surface area contributed by atoms with Crippen LogP contribution < -0.4 is 4.90 Å². The molecule has 128 valence electrons. The molecule has 1 amide bonds. The van der Waals surface area contributed by atoms with Crippen molar-refractivity contribution in [3.8, 4) is 0 Å². The predicted octanol–water partition coefficient (Wildman–Crippen LogP) is 3.06. The number of hydrogen-bond donors (Lipinski definition) is 0. The van der Waals surface area contributed by atoms with Gasteiger partial charge in [-0.2, -0.15) is 13.2 Å². The fourth-order valence-corrected chi connectivity index (χ4v) is 3.30. The van der Waals surface area contributed by atoms with Gasteiger partial charge >= 0.3 is 6.18 Å². The highest BCUT2D eigenvalue weighted by atomic mass is 35.5. The highest BCUT2D eigenvalue weighted by molar-refractivity contribution is 7.15. The summed E-state index contributed by atoms with van der Waals surface area (Å²) >= 11 is 6.37. The second-order valence-electron chi connectivity index (χ2n) is 5.25. The van der Waals surface area contributed by atoms with Crippen molar-refractivity contribution in [2.75, 3.05) is 24.5 Å². The molecule has 0 atom stereocenters. The quantitative estimate of drug-likeness (QED) is 0.826. The molecule has 0 unspecified atom stereocenters. The fraction of sp³-hybridized carbons (Fsp3) is 0.357. The average Bonchev–Trinajstić information content (AvgIpc) is 2.99. The third-order valence-electron chi connectivity index (χ3n) is 3.51. The smallest absolute Gasteiger partial charge is 0.336 e. The number of carbonyl (C=O) groups is 1. The van der Waals surface area contributed by atoms with E-state index >= 15 is 0 Å². The minimum Gasteiger partial charge on any atom is -0.336 e. The summed E-state index contributed by atoms with van der Waals surface area (Å²) in [5, 5.41) is 6.39. The number of carbonyl (C=O) groups excluding carboxylic acids is 1. The number of rotatable bonds is 3. The van der Waals surface area contributed by atoms with Gasteiger partial charge < -0.3 is 9.80 Å². The van der Waals surface area contributed by atoms with Gasteiger partial charge in [0, 0.05) is 24.7 Å². The van der Waals surface area contributed by atoms with E-state index < -0.39 is 11.2 Å². The van der Waals surface area contributed by atoms with Gasteiger partial charge in [-0.15, -0.1) is 10.2 Å². The zero-order chi connectivity index (χ0) is 17.3. The molecule has 0 saturated carbocycles. The second-order valence-corrected chi connectivity index (χ2v) is 6.65. The molecule has 0 aliphatic carbocycles. The van der Waals surface area contributed by atoms with E-state index in [9.17, 15) is 18.0 Å². The Bertz CT molecular complexity index is 752. The van der Waals surface area contributed by atoms with Crippen molar-refractivity contribution in [3.05, 3.63) is 39.9 Å². The Hall–Kier alpha value is -1.87. The molecule has 2 heterocycles. The third kappa shape index (κ3) is 3.78. The number of aromatic nitrogens is 2. The highest BCUT2D eigenvalue weighted by Gasteiger charge is 2.37. The van der Waals surface area contributed by atoms with E-state index in [1.165, 1.54) is 4.90 Å². The SMILES string of the molecule is O=C1CN(c2nnc(C(F)(F)F)s2)CCN1Cc1cccc(Cl)c1. The molecule has 0 N–H and O–H groups in total. The average molecular weight is 377 g/mol. The molecule has 3 rings (SSSR count). The number of alkyl halides is 3. The van der Waals surface area contributed by atoms with Crippen LogP contribution in [0.15, 0.2) is 24.3 Å². The molecule has 1 aliphatic heterocycles. The molecule has 1 aromatic carbocycles. The van der Waals surface area contributed by atoms with Gasteiger partial charge in [-0.25, -0.2) is 0 Å². The minimum absolute atomic E-state index is 0.0208. The lowest BCUT2D eigenvalue weighted by molar-refractivity contribution is -0.138. The lowest BCUT2D eigenvalue weighted by Gasteiger charge is -2.34. The summed E-state index contributed by atoms with van der Waals surface area (Å²) in [5.74, 6) is -0.176. The van der Waals surface area contributed by atoms with Crippen LogP contribution in [-0.4, -0.2) is 40.6 Å². The van der Waals surface area contributed by atoms with Crippen molar-refractivity contribution < 1.29 is 18.0 Å². The highest BCUT2D eigenvalue weighted by Crippen LogP contribution is 2.34. The number of nitrogens with zero attached hydrogens (tertiary/aromatic N) is 4. The first-order valence-electron chi connectivity index (χ1n) is 7.01. The molecule has 0 radical (unpaired) electrons. The van der Waals surface area contributed by atoms with Gasteiger partial charge in [0.2, 0.25) is 16.0 Å². The van der Waals surface area contributed by atoms with E-state index in [-0.39, 0.29) is 17.6 Å². The first-order valence-corrected chi connectivity index (χ1v) is 8.20. The number of halogens is 4. The number of hydrogen-bond acceptors (Lipinski definition) is 5. The van der Waals surface area contributed by atoms with Gasteiger partial charge in [0.15, 0.2) is 0 Å². The maximum Gasteiger partial charge on any atom is 0.445 e. The van der Waals surface area contributed by atoms with Crippen LogP contribution in [0.5, 0.6) is 0 Å². The molecule has 2 aromatic rings. The van der Waals surface area contributed by atoms with E-state index in [0.29, 0.717) is 36.0 Å². The molecule has 1 fully saturated rings. The van der Waals surface area contributed by atoms with Crippen LogP contribution in [0.1, 0.15) is 10.6 Å². The zero-order valence-electron chi connectivity index (χ0n) is 12.3. The summed E-state index contributed by atoms with van der Waals surface area (Å²) in [6.45, 7) is 1.19. The van der Waals surface area contributed by atoms with E-state index in [0.717, 1.165) is 5.56 Å². The number of anilines is 1. The molecular formula is C14H12ClF3N4OS. The van der Waals surface area contributed by atoms with Gasteiger partial charge in [0.25, 0.3) is 0 Å². The van der Waals surface area contributed by atoms with Crippen LogP contribution in [0.25, 0.3) is 0 Å². The Labute approximate surface area is 144 Å². The standard InChI is InChI=1S/C14H12ClF3N4OS/c15-10-3-1-2-9(6-10)7-21-4-5-22(8-11(21)23)13-20-19-12(24-13)14(16,17)18/h1-3,6H,4-5,7-8H2. The Kier molecular flexibility index (Phi) is 4.64. The van der Waals surface area contributed by atoms with Gasteiger partial charge in [-0.1, -0.05) is 35.1 Å². The summed E-state index contributed by atoms with van der Waals surface area (Å²) in [6.07, 6.45) is -4.52. The van der Waals surface area contributed by atoms with E-state index in [1.54, 1.807) is 23.1 Å². The normalized spacial score (nSPS) is 15.9. The molecule has 10 heteroatoms. The molecule has 1 aliphatic rings. The van der Waals surface area contributed by atoms with Crippen LogP contribution in [-0.2, 0) is 17.5 Å². The summed E-state index contributed by atoms with van der Waals surface area (Å²) < 4.78 is 37.8. The first kappa shape index (κ1) is 17.0. The fourth-order valence-electron chi connectivity index (χ4n) is 2.35. The molecule has 0 spiro atoms. The van der Waals surface area contributed by atoms with Crippen LogP contribution in [0.4, 0.5) is 18.3 Å². The Morgan fingerprint density at radius 2 is 2.04 bits per heavy atom. The lowest BCUT2D eigenvalue weighted by Crippen LogP contribution is -2.50.